The Morgan fingerprint density at radius 3 is 2.65 bits per heavy atom. The molecule has 1 aromatic carbocycles. The second-order valence-corrected chi connectivity index (χ2v) is 7.79. The maximum absolute atomic E-state index is 12.7. The van der Waals surface area contributed by atoms with Gasteiger partial charge in [0.05, 0.1) is 30.9 Å². The van der Waals surface area contributed by atoms with Crippen molar-refractivity contribution < 1.29 is 19.1 Å². The van der Waals surface area contributed by atoms with E-state index in [4.69, 9.17) is 9.47 Å². The summed E-state index contributed by atoms with van der Waals surface area (Å²) in [7, 11) is 1.21. The molecule has 0 fully saturated rings. The molecule has 0 saturated heterocycles. The molecule has 1 heterocycles. The number of aromatic nitrogens is 2. The third-order valence-electron chi connectivity index (χ3n) is 3.39. The van der Waals surface area contributed by atoms with Gasteiger partial charge in [0.15, 0.2) is 6.04 Å². The van der Waals surface area contributed by atoms with Gasteiger partial charge >= 0.3 is 12.1 Å². The number of halogens is 1. The highest BCUT2D eigenvalue weighted by molar-refractivity contribution is 14.1. The van der Waals surface area contributed by atoms with Crippen LogP contribution in [-0.4, -0.2) is 40.9 Å². The summed E-state index contributed by atoms with van der Waals surface area (Å²) >= 11 is 2.12. The molecule has 1 aromatic heterocycles. The van der Waals surface area contributed by atoms with Crippen molar-refractivity contribution in [2.75, 3.05) is 13.7 Å². The molecule has 0 saturated carbocycles. The van der Waals surface area contributed by atoms with Gasteiger partial charge in [-0.3, -0.25) is 9.36 Å². The lowest BCUT2D eigenvalue weighted by molar-refractivity contribution is -0.144. The molecule has 0 aliphatic rings. The molecule has 8 nitrogen and oxygen atoms in total. The monoisotopic (exact) mass is 473 g/mol. The quantitative estimate of drug-likeness (QED) is 0.541. The van der Waals surface area contributed by atoms with Crippen molar-refractivity contribution in [1.29, 1.82) is 0 Å². The molecule has 2 rings (SSSR count). The molecule has 140 valence electrons. The number of methoxy groups -OCH3 is 1. The van der Waals surface area contributed by atoms with Crippen molar-refractivity contribution in [3.63, 3.8) is 0 Å². The summed E-state index contributed by atoms with van der Waals surface area (Å²) < 4.78 is 12.0. The highest BCUT2D eigenvalue weighted by Crippen LogP contribution is 2.14. The van der Waals surface area contributed by atoms with E-state index in [2.05, 4.69) is 32.9 Å². The van der Waals surface area contributed by atoms with Gasteiger partial charge in [0.25, 0.3) is 5.56 Å². The van der Waals surface area contributed by atoms with E-state index in [0.29, 0.717) is 10.9 Å². The summed E-state index contributed by atoms with van der Waals surface area (Å²) in [5, 5.41) is 2.86. The number of nitrogens with one attached hydrogen (secondary N) is 1. The van der Waals surface area contributed by atoms with Gasteiger partial charge in [-0.2, -0.15) is 0 Å². The highest BCUT2D eigenvalue weighted by atomic mass is 127. The fourth-order valence-corrected chi connectivity index (χ4v) is 2.73. The molecular formula is C17H20IN3O5. The molecule has 1 unspecified atom stereocenters. The van der Waals surface area contributed by atoms with Crippen LogP contribution in [0, 0.1) is 3.57 Å². The van der Waals surface area contributed by atoms with Crippen molar-refractivity contribution in [1.82, 2.24) is 14.9 Å². The summed E-state index contributed by atoms with van der Waals surface area (Å²) in [4.78, 5) is 41.0. The number of carbonyl (C=O) groups is 2. The number of amides is 1. The number of esters is 1. The molecule has 26 heavy (non-hydrogen) atoms. The summed E-state index contributed by atoms with van der Waals surface area (Å²) in [5.41, 5.74) is -0.543. The van der Waals surface area contributed by atoms with E-state index in [9.17, 15) is 14.4 Å². The van der Waals surface area contributed by atoms with Crippen LogP contribution in [0.1, 0.15) is 26.8 Å². The van der Waals surface area contributed by atoms with Crippen molar-refractivity contribution >= 4 is 45.6 Å². The van der Waals surface area contributed by atoms with Gasteiger partial charge in [0.2, 0.25) is 0 Å². The average molecular weight is 473 g/mol. The van der Waals surface area contributed by atoms with Crippen LogP contribution in [0.2, 0.25) is 0 Å². The van der Waals surface area contributed by atoms with E-state index >= 15 is 0 Å². The molecule has 2 aromatic rings. The molecule has 1 atom stereocenters. The second-order valence-electron chi connectivity index (χ2n) is 6.54. The summed E-state index contributed by atoms with van der Waals surface area (Å²) in [6, 6.07) is 4.14. The summed E-state index contributed by atoms with van der Waals surface area (Å²) in [6.07, 6.45) is 0.585. The van der Waals surface area contributed by atoms with Gasteiger partial charge in [-0.15, -0.1) is 0 Å². The fraction of sp³-hybridized carbons (Fsp3) is 0.412. The van der Waals surface area contributed by atoms with Crippen molar-refractivity contribution in [3.8, 4) is 0 Å². The van der Waals surface area contributed by atoms with Gasteiger partial charge < -0.3 is 14.8 Å². The lowest BCUT2D eigenvalue weighted by Crippen LogP contribution is -2.41. The largest absolute Gasteiger partial charge is 0.467 e. The van der Waals surface area contributed by atoms with Gasteiger partial charge in [-0.25, -0.2) is 14.6 Å². The minimum absolute atomic E-state index is 0.168. The predicted molar refractivity (Wildman–Crippen MR) is 104 cm³/mol. The molecule has 0 aliphatic heterocycles. The van der Waals surface area contributed by atoms with Gasteiger partial charge in [0.1, 0.15) is 5.60 Å². The Morgan fingerprint density at radius 1 is 1.35 bits per heavy atom. The number of nitrogens with zero attached hydrogens (tertiary/aromatic N) is 2. The number of hydrogen-bond acceptors (Lipinski definition) is 6. The molecule has 1 N–H and O–H groups in total. The molecule has 0 bridgehead atoms. The molecule has 0 aliphatic carbocycles. The van der Waals surface area contributed by atoms with Gasteiger partial charge in [-0.1, -0.05) is 0 Å². The Bertz CT molecular complexity index is 888. The Hall–Kier alpha value is -2.17. The second kappa shape index (κ2) is 8.02. The lowest BCUT2D eigenvalue weighted by Gasteiger charge is -2.22. The third kappa shape index (κ3) is 4.93. The number of alkyl carbamates (subject to hydrolysis) is 1. The number of hydrogen-bond donors (Lipinski definition) is 1. The number of rotatable bonds is 4. The van der Waals surface area contributed by atoms with E-state index < -0.39 is 29.3 Å². The Kier molecular flexibility index (Phi) is 6.21. The maximum Gasteiger partial charge on any atom is 0.407 e. The minimum Gasteiger partial charge on any atom is -0.467 e. The van der Waals surface area contributed by atoms with Crippen molar-refractivity contribution in [2.24, 2.45) is 0 Å². The van der Waals surface area contributed by atoms with E-state index in [1.165, 1.54) is 13.4 Å². The summed E-state index contributed by atoms with van der Waals surface area (Å²) in [5.74, 6) is -0.671. The van der Waals surface area contributed by atoms with Crippen LogP contribution in [0.4, 0.5) is 4.79 Å². The van der Waals surface area contributed by atoms with E-state index in [-0.39, 0.29) is 6.54 Å². The molecule has 9 heteroatoms. The number of benzene rings is 1. The smallest absolute Gasteiger partial charge is 0.407 e. The molecule has 0 spiro atoms. The molecule has 1 amide bonds. The number of carbonyl (C=O) groups excluding carboxylic acids is 2. The van der Waals surface area contributed by atoms with Crippen LogP contribution < -0.4 is 10.9 Å². The zero-order chi connectivity index (χ0) is 19.5. The SMILES string of the molecule is COC(=O)C(CNC(=O)OC(C)(C)C)n1cnc2cc(I)ccc2c1=O. The highest BCUT2D eigenvalue weighted by Gasteiger charge is 2.25. The first-order valence-electron chi connectivity index (χ1n) is 7.83. The normalized spacial score (nSPS) is 12.5. The van der Waals surface area contributed by atoms with Crippen LogP contribution in [0.3, 0.4) is 0 Å². The number of fused-ring (bicyclic) bond motifs is 1. The fourth-order valence-electron chi connectivity index (χ4n) is 2.26. The van der Waals surface area contributed by atoms with Crippen LogP contribution in [0.25, 0.3) is 10.9 Å². The summed E-state index contributed by atoms with van der Waals surface area (Å²) in [6.45, 7) is 5.01. The zero-order valence-corrected chi connectivity index (χ0v) is 17.1. The third-order valence-corrected chi connectivity index (χ3v) is 4.06. The van der Waals surface area contributed by atoms with Gasteiger partial charge in [-0.05, 0) is 61.6 Å². The zero-order valence-electron chi connectivity index (χ0n) is 14.9. The average Bonchev–Trinajstić information content (AvgIpc) is 2.54. The van der Waals surface area contributed by atoms with E-state index in [1.807, 2.05) is 0 Å². The lowest BCUT2D eigenvalue weighted by atomic mass is 10.2. The minimum atomic E-state index is -1.06. The topological polar surface area (TPSA) is 99.5 Å². The van der Waals surface area contributed by atoms with Crippen LogP contribution in [0.5, 0.6) is 0 Å². The maximum atomic E-state index is 12.7. The molecular weight excluding hydrogens is 453 g/mol. The molecule has 0 radical (unpaired) electrons. The Balaban J connectivity index is 2.33. The van der Waals surface area contributed by atoms with Crippen LogP contribution in [-0.2, 0) is 14.3 Å². The van der Waals surface area contributed by atoms with Crippen molar-refractivity contribution in [2.45, 2.75) is 32.4 Å². The van der Waals surface area contributed by atoms with Gasteiger partial charge in [0, 0.05) is 3.57 Å². The van der Waals surface area contributed by atoms with Crippen molar-refractivity contribution in [3.05, 3.63) is 38.5 Å². The van der Waals surface area contributed by atoms with E-state index in [0.717, 1.165) is 8.14 Å². The standard InChI is InChI=1S/C17H20IN3O5/c1-17(2,3)26-16(24)19-8-13(15(23)25-4)21-9-20-12-7-10(18)5-6-11(12)14(21)22/h5-7,9,13H,8H2,1-4H3,(H,19,24). The Morgan fingerprint density at radius 2 is 2.04 bits per heavy atom. The first-order chi connectivity index (χ1) is 12.1. The van der Waals surface area contributed by atoms with Crippen LogP contribution in [0.15, 0.2) is 29.3 Å². The number of ether oxygens (including phenoxy) is 2. The first-order valence-corrected chi connectivity index (χ1v) is 8.91. The Labute approximate surface area is 164 Å². The first kappa shape index (κ1) is 20.1. The van der Waals surface area contributed by atoms with E-state index in [1.54, 1.807) is 39.0 Å². The van der Waals surface area contributed by atoms with Crippen LogP contribution >= 0.6 is 22.6 Å². The predicted octanol–water partition coefficient (Wildman–Crippen LogP) is 2.24.